The number of nitrogens with one attached hydrogen (secondary N) is 1. The first-order chi connectivity index (χ1) is 12.9. The second-order valence-electron chi connectivity index (χ2n) is 7.94. The van der Waals surface area contributed by atoms with Gasteiger partial charge in [-0.05, 0) is 39.2 Å². The summed E-state index contributed by atoms with van der Waals surface area (Å²) in [4.78, 5) is 37.7. The first-order valence-electron chi connectivity index (χ1n) is 9.86. The number of amides is 1. The number of carbonyl (C=O) groups excluding carboxylic acids is 1. The van der Waals surface area contributed by atoms with E-state index in [0.29, 0.717) is 25.0 Å². The molecule has 7 heteroatoms. The Balaban J connectivity index is 1.56. The molecule has 1 unspecified atom stereocenters. The number of hydrogen-bond acceptors (Lipinski definition) is 5. The van der Waals surface area contributed by atoms with Crippen LogP contribution in [0.25, 0.3) is 0 Å². The Kier molecular flexibility index (Phi) is 6.31. The van der Waals surface area contributed by atoms with Crippen molar-refractivity contribution in [2.24, 2.45) is 0 Å². The lowest BCUT2D eigenvalue weighted by Gasteiger charge is -2.25. The van der Waals surface area contributed by atoms with Crippen molar-refractivity contribution >= 4 is 11.9 Å². The third-order valence-electron chi connectivity index (χ3n) is 5.52. The molecule has 2 heterocycles. The molecule has 1 N–H and O–H groups in total. The number of likely N-dealkylation sites (N-methyl/N-ethyl adjacent to an activating group) is 1. The number of hydrogen-bond donors (Lipinski definition) is 1. The van der Waals surface area contributed by atoms with Crippen LogP contribution in [0.4, 0.5) is 5.95 Å². The van der Waals surface area contributed by atoms with Crippen LogP contribution in [-0.2, 0) is 11.3 Å². The van der Waals surface area contributed by atoms with Gasteiger partial charge in [0.2, 0.25) is 11.9 Å². The lowest BCUT2D eigenvalue weighted by atomic mass is 9.97. The van der Waals surface area contributed by atoms with Crippen LogP contribution < -0.4 is 10.5 Å². The van der Waals surface area contributed by atoms with Crippen LogP contribution in [0.15, 0.2) is 22.5 Å². The highest BCUT2D eigenvalue weighted by atomic mass is 16.2. The topological polar surface area (TPSA) is 72.5 Å². The second kappa shape index (κ2) is 8.69. The Bertz CT molecular complexity index is 755. The summed E-state index contributed by atoms with van der Waals surface area (Å²) < 4.78 is 0. The molecule has 1 saturated heterocycles. The summed E-state index contributed by atoms with van der Waals surface area (Å²) in [5, 5.41) is 0. The van der Waals surface area contributed by atoms with E-state index in [1.54, 1.807) is 11.0 Å². The van der Waals surface area contributed by atoms with Crippen LogP contribution in [0.1, 0.15) is 44.2 Å². The monoisotopic (exact) mass is 373 g/mol. The van der Waals surface area contributed by atoms with Gasteiger partial charge >= 0.3 is 0 Å². The van der Waals surface area contributed by atoms with E-state index in [4.69, 9.17) is 0 Å². The Hall–Kier alpha value is -2.15. The van der Waals surface area contributed by atoms with E-state index in [1.807, 2.05) is 26.0 Å². The molecule has 7 nitrogen and oxygen atoms in total. The van der Waals surface area contributed by atoms with Crippen LogP contribution in [-0.4, -0.2) is 65.9 Å². The summed E-state index contributed by atoms with van der Waals surface area (Å²) in [6.45, 7) is 2.17. The Labute approximate surface area is 161 Å². The minimum atomic E-state index is -0.138. The molecule has 0 spiro atoms. The minimum absolute atomic E-state index is 0.138. The number of carbonyl (C=O) groups is 1. The maximum Gasteiger partial charge on any atom is 0.252 e. The van der Waals surface area contributed by atoms with E-state index in [0.717, 1.165) is 38.0 Å². The summed E-state index contributed by atoms with van der Waals surface area (Å²) in [5.74, 6) is 0.818. The summed E-state index contributed by atoms with van der Waals surface area (Å²) in [6, 6.07) is 1.86. The highest BCUT2D eigenvalue weighted by Crippen LogP contribution is 2.23. The fourth-order valence-corrected chi connectivity index (χ4v) is 3.87. The van der Waals surface area contributed by atoms with Gasteiger partial charge in [-0.25, -0.2) is 4.98 Å². The summed E-state index contributed by atoms with van der Waals surface area (Å²) in [7, 11) is 5.75. The molecular formula is C20H31N5O2. The Morgan fingerprint density at radius 3 is 2.85 bits per heavy atom. The Morgan fingerprint density at radius 2 is 2.15 bits per heavy atom. The van der Waals surface area contributed by atoms with Gasteiger partial charge in [-0.3, -0.25) is 19.5 Å². The van der Waals surface area contributed by atoms with Crippen LogP contribution in [0.5, 0.6) is 0 Å². The van der Waals surface area contributed by atoms with Gasteiger partial charge in [0.1, 0.15) is 0 Å². The van der Waals surface area contributed by atoms with E-state index in [2.05, 4.69) is 20.9 Å². The fraction of sp³-hybridized carbons (Fsp3) is 0.650. The smallest absolute Gasteiger partial charge is 0.252 e. The van der Waals surface area contributed by atoms with Crippen molar-refractivity contribution in [3.63, 3.8) is 0 Å². The van der Waals surface area contributed by atoms with Crippen LogP contribution in [0.3, 0.4) is 0 Å². The number of aromatic amines is 1. The molecule has 2 aliphatic rings. The first-order valence-corrected chi connectivity index (χ1v) is 9.86. The number of nitrogens with zero attached hydrogens (tertiary/aromatic N) is 4. The van der Waals surface area contributed by atoms with Crippen molar-refractivity contribution in [1.29, 1.82) is 0 Å². The maximum atomic E-state index is 12.6. The predicted molar refractivity (Wildman–Crippen MR) is 107 cm³/mol. The summed E-state index contributed by atoms with van der Waals surface area (Å²) >= 11 is 0. The van der Waals surface area contributed by atoms with Gasteiger partial charge in [-0.2, -0.15) is 0 Å². The summed E-state index contributed by atoms with van der Waals surface area (Å²) in [6.07, 6.45) is 8.45. The van der Waals surface area contributed by atoms with Crippen molar-refractivity contribution in [1.82, 2.24) is 19.8 Å². The van der Waals surface area contributed by atoms with Crippen LogP contribution in [0, 0.1) is 0 Å². The van der Waals surface area contributed by atoms with Crippen molar-refractivity contribution in [3.8, 4) is 0 Å². The molecule has 0 bridgehead atoms. The SMILES string of the molecule is CN(C)c1nc(CN(C)C2CCN(C(=O)CC3=CCCCC3)C2)cc(=O)[nH]1. The highest BCUT2D eigenvalue weighted by Gasteiger charge is 2.29. The number of aromatic nitrogens is 2. The van der Waals surface area contributed by atoms with Crippen molar-refractivity contribution < 1.29 is 4.79 Å². The zero-order valence-corrected chi connectivity index (χ0v) is 16.7. The molecular weight excluding hydrogens is 342 g/mol. The third kappa shape index (κ3) is 5.19. The zero-order valence-electron chi connectivity index (χ0n) is 16.7. The van der Waals surface area contributed by atoms with Crippen molar-refractivity contribution in [3.05, 3.63) is 33.8 Å². The van der Waals surface area contributed by atoms with Crippen LogP contribution in [0.2, 0.25) is 0 Å². The van der Waals surface area contributed by atoms with Gasteiger partial charge < -0.3 is 9.80 Å². The van der Waals surface area contributed by atoms with Gasteiger partial charge in [0, 0.05) is 52.3 Å². The normalized spacial score (nSPS) is 20.1. The number of likely N-dealkylation sites (tertiary alicyclic amines) is 1. The predicted octanol–water partition coefficient (Wildman–Crippen LogP) is 1.76. The molecule has 1 aliphatic heterocycles. The van der Waals surface area contributed by atoms with Crippen molar-refractivity contribution in [2.75, 3.05) is 39.1 Å². The van der Waals surface area contributed by atoms with Crippen molar-refractivity contribution in [2.45, 2.75) is 51.1 Å². The molecule has 0 saturated carbocycles. The molecule has 1 fully saturated rings. The van der Waals surface area contributed by atoms with Gasteiger partial charge in [-0.15, -0.1) is 0 Å². The number of rotatable bonds is 6. The first kappa shape index (κ1) is 19.6. The quantitative estimate of drug-likeness (QED) is 0.770. The van der Waals surface area contributed by atoms with E-state index in [-0.39, 0.29) is 11.5 Å². The average Bonchev–Trinajstić information content (AvgIpc) is 3.12. The minimum Gasteiger partial charge on any atom is -0.348 e. The van der Waals surface area contributed by atoms with E-state index >= 15 is 0 Å². The number of allylic oxidation sites excluding steroid dienone is 1. The summed E-state index contributed by atoms with van der Waals surface area (Å²) in [5.41, 5.74) is 1.93. The average molecular weight is 374 g/mol. The van der Waals surface area contributed by atoms with E-state index in [9.17, 15) is 9.59 Å². The van der Waals surface area contributed by atoms with Gasteiger partial charge in [-0.1, -0.05) is 11.6 Å². The van der Waals surface area contributed by atoms with Gasteiger partial charge in [0.15, 0.2) is 0 Å². The third-order valence-corrected chi connectivity index (χ3v) is 5.52. The molecule has 0 aromatic carbocycles. The molecule has 1 aromatic heterocycles. The second-order valence-corrected chi connectivity index (χ2v) is 7.94. The molecule has 1 atom stereocenters. The molecule has 1 amide bonds. The number of H-pyrrole nitrogens is 1. The molecule has 1 aliphatic carbocycles. The van der Waals surface area contributed by atoms with E-state index < -0.39 is 0 Å². The molecule has 148 valence electrons. The fourth-order valence-electron chi connectivity index (χ4n) is 3.87. The molecule has 1 aromatic rings. The highest BCUT2D eigenvalue weighted by molar-refractivity contribution is 5.79. The lowest BCUT2D eigenvalue weighted by molar-refractivity contribution is -0.129. The maximum absolute atomic E-state index is 12.6. The molecule has 3 rings (SSSR count). The van der Waals surface area contributed by atoms with Gasteiger partial charge in [0.05, 0.1) is 5.69 Å². The lowest BCUT2D eigenvalue weighted by Crippen LogP contribution is -2.36. The molecule has 27 heavy (non-hydrogen) atoms. The van der Waals surface area contributed by atoms with Crippen LogP contribution >= 0.6 is 0 Å². The molecule has 0 radical (unpaired) electrons. The Morgan fingerprint density at radius 1 is 1.33 bits per heavy atom. The standard InChI is InChI=1S/C20H31N5O2/c1-23(2)20-21-16(12-18(26)22-20)13-24(3)17-9-10-25(14-17)19(27)11-15-7-5-4-6-8-15/h7,12,17H,4-6,8-11,13-14H2,1-3H3,(H,21,22,26). The van der Waals surface area contributed by atoms with E-state index in [1.165, 1.54) is 18.4 Å². The zero-order chi connectivity index (χ0) is 19.4. The number of anilines is 1. The van der Waals surface area contributed by atoms with Gasteiger partial charge in [0.25, 0.3) is 5.56 Å². The largest absolute Gasteiger partial charge is 0.348 e.